The van der Waals surface area contributed by atoms with Crippen LogP contribution >= 0.6 is 0 Å². The van der Waals surface area contributed by atoms with Gasteiger partial charge in [0.15, 0.2) is 0 Å². The molecule has 1 aromatic carbocycles. The summed E-state index contributed by atoms with van der Waals surface area (Å²) in [5.41, 5.74) is 5.51. The Morgan fingerprint density at radius 2 is 2.17 bits per heavy atom. The number of nitrogens with two attached hydrogens (primary N) is 1. The van der Waals surface area contributed by atoms with Crippen molar-refractivity contribution in [3.8, 4) is 0 Å². The number of carboxylic acids is 1. The van der Waals surface area contributed by atoms with E-state index < -0.39 is 17.7 Å². The molecule has 1 atom stereocenters. The van der Waals surface area contributed by atoms with Gasteiger partial charge in [0, 0.05) is 18.2 Å². The van der Waals surface area contributed by atoms with Crippen LogP contribution in [0.2, 0.25) is 0 Å². The minimum atomic E-state index is -0.935. The lowest BCUT2D eigenvalue weighted by Crippen LogP contribution is -2.33. The normalized spacial score (nSPS) is 11.9. The van der Waals surface area contributed by atoms with E-state index in [1.165, 1.54) is 12.1 Å². The summed E-state index contributed by atoms with van der Waals surface area (Å²) in [7, 11) is 0. The number of benzene rings is 1. The zero-order valence-electron chi connectivity index (χ0n) is 9.94. The number of nitrogen functional groups attached to an aromatic ring is 1. The second kappa shape index (κ2) is 6.00. The Hall–Kier alpha value is -2.11. The lowest BCUT2D eigenvalue weighted by atomic mass is 10.1. The number of carbonyl (C=O) groups excluding carboxylic acids is 1. The molecule has 5 nitrogen and oxygen atoms in total. The third kappa shape index (κ3) is 4.04. The van der Waals surface area contributed by atoms with Crippen LogP contribution in [-0.2, 0) is 4.79 Å². The summed E-state index contributed by atoms with van der Waals surface area (Å²) in [5, 5.41) is 11.0. The standard InChI is InChI=1S/C12H15FN2O3/c1-7(2-5-11(16)17)15-12(18)9-4-3-8(14)6-10(9)13/h3-4,6-7H,2,5,14H2,1H3,(H,15,18)(H,16,17). The van der Waals surface area contributed by atoms with E-state index in [1.54, 1.807) is 6.92 Å². The predicted octanol–water partition coefficient (Wildman–Crippen LogP) is 1.39. The van der Waals surface area contributed by atoms with E-state index in [0.717, 1.165) is 6.07 Å². The molecule has 1 amide bonds. The molecule has 0 aliphatic carbocycles. The number of carboxylic acid groups (broad SMARTS) is 1. The molecule has 0 bridgehead atoms. The molecule has 0 aliphatic heterocycles. The first-order valence-electron chi connectivity index (χ1n) is 5.48. The molecular formula is C12H15FN2O3. The Kier molecular flexibility index (Phi) is 4.65. The van der Waals surface area contributed by atoms with Gasteiger partial charge in [-0.15, -0.1) is 0 Å². The smallest absolute Gasteiger partial charge is 0.303 e. The molecule has 0 heterocycles. The Balaban J connectivity index is 2.62. The van der Waals surface area contributed by atoms with Crippen LogP contribution in [0.5, 0.6) is 0 Å². The molecular weight excluding hydrogens is 239 g/mol. The van der Waals surface area contributed by atoms with Crippen molar-refractivity contribution in [2.45, 2.75) is 25.8 Å². The Morgan fingerprint density at radius 3 is 2.72 bits per heavy atom. The molecule has 0 saturated carbocycles. The molecule has 1 rings (SSSR count). The summed E-state index contributed by atoms with van der Waals surface area (Å²) in [6.07, 6.45) is 0.239. The number of rotatable bonds is 5. The third-order valence-corrected chi connectivity index (χ3v) is 2.41. The summed E-state index contributed by atoms with van der Waals surface area (Å²) in [4.78, 5) is 22.1. The van der Waals surface area contributed by atoms with E-state index in [9.17, 15) is 14.0 Å². The van der Waals surface area contributed by atoms with Crippen molar-refractivity contribution in [3.63, 3.8) is 0 Å². The van der Waals surface area contributed by atoms with Crippen LogP contribution in [-0.4, -0.2) is 23.0 Å². The van der Waals surface area contributed by atoms with Crippen LogP contribution < -0.4 is 11.1 Å². The molecule has 0 fully saturated rings. The molecule has 6 heteroatoms. The monoisotopic (exact) mass is 254 g/mol. The average molecular weight is 254 g/mol. The molecule has 98 valence electrons. The molecule has 18 heavy (non-hydrogen) atoms. The van der Waals surface area contributed by atoms with Crippen LogP contribution in [0.4, 0.5) is 10.1 Å². The molecule has 0 saturated heterocycles. The molecule has 1 aromatic rings. The minimum Gasteiger partial charge on any atom is -0.481 e. The summed E-state index contributed by atoms with van der Waals surface area (Å²) < 4.78 is 13.4. The highest BCUT2D eigenvalue weighted by Crippen LogP contribution is 2.12. The van der Waals surface area contributed by atoms with Gasteiger partial charge in [0.05, 0.1) is 5.56 Å². The first-order valence-corrected chi connectivity index (χ1v) is 5.48. The predicted molar refractivity (Wildman–Crippen MR) is 64.6 cm³/mol. The minimum absolute atomic E-state index is 0.0499. The van der Waals surface area contributed by atoms with Gasteiger partial charge in [-0.2, -0.15) is 0 Å². The van der Waals surface area contributed by atoms with Crippen molar-refractivity contribution >= 4 is 17.6 Å². The Labute approximate surface area is 104 Å². The lowest BCUT2D eigenvalue weighted by molar-refractivity contribution is -0.137. The van der Waals surface area contributed by atoms with Gasteiger partial charge in [-0.3, -0.25) is 9.59 Å². The second-order valence-electron chi connectivity index (χ2n) is 4.05. The molecule has 1 unspecified atom stereocenters. The molecule has 0 aromatic heterocycles. The van der Waals surface area contributed by atoms with Gasteiger partial charge in [-0.25, -0.2) is 4.39 Å². The number of carbonyl (C=O) groups is 2. The van der Waals surface area contributed by atoms with E-state index in [2.05, 4.69) is 5.32 Å². The number of aliphatic carboxylic acids is 1. The number of hydrogen-bond donors (Lipinski definition) is 3. The largest absolute Gasteiger partial charge is 0.481 e. The fourth-order valence-electron chi connectivity index (χ4n) is 1.43. The van der Waals surface area contributed by atoms with Gasteiger partial charge in [0.2, 0.25) is 0 Å². The van der Waals surface area contributed by atoms with Gasteiger partial charge < -0.3 is 16.2 Å². The van der Waals surface area contributed by atoms with Crippen LogP contribution in [0.1, 0.15) is 30.1 Å². The maximum atomic E-state index is 13.4. The van der Waals surface area contributed by atoms with Crippen molar-refractivity contribution in [1.82, 2.24) is 5.32 Å². The SMILES string of the molecule is CC(CCC(=O)O)NC(=O)c1ccc(N)cc1F. The average Bonchev–Trinajstić information content (AvgIpc) is 2.26. The van der Waals surface area contributed by atoms with E-state index >= 15 is 0 Å². The zero-order valence-corrected chi connectivity index (χ0v) is 9.94. The maximum absolute atomic E-state index is 13.4. The highest BCUT2D eigenvalue weighted by atomic mass is 19.1. The third-order valence-electron chi connectivity index (χ3n) is 2.41. The first kappa shape index (κ1) is 14.0. The quantitative estimate of drug-likeness (QED) is 0.692. The lowest BCUT2D eigenvalue weighted by Gasteiger charge is -2.13. The number of nitrogens with one attached hydrogen (secondary N) is 1. The van der Waals surface area contributed by atoms with Crippen molar-refractivity contribution in [3.05, 3.63) is 29.6 Å². The summed E-state index contributed by atoms with van der Waals surface area (Å²) in [6.45, 7) is 1.66. The van der Waals surface area contributed by atoms with Gasteiger partial charge in [-0.05, 0) is 31.5 Å². The summed E-state index contributed by atoms with van der Waals surface area (Å²) in [5.74, 6) is -2.21. The Morgan fingerprint density at radius 1 is 1.50 bits per heavy atom. The van der Waals surface area contributed by atoms with Crippen LogP contribution in [0, 0.1) is 5.82 Å². The van der Waals surface area contributed by atoms with Crippen molar-refractivity contribution in [2.75, 3.05) is 5.73 Å². The summed E-state index contributed by atoms with van der Waals surface area (Å²) >= 11 is 0. The van der Waals surface area contributed by atoms with Crippen molar-refractivity contribution < 1.29 is 19.1 Å². The fourth-order valence-corrected chi connectivity index (χ4v) is 1.43. The van der Waals surface area contributed by atoms with Crippen molar-refractivity contribution in [2.24, 2.45) is 0 Å². The zero-order chi connectivity index (χ0) is 13.7. The second-order valence-corrected chi connectivity index (χ2v) is 4.05. The highest BCUT2D eigenvalue weighted by molar-refractivity contribution is 5.95. The molecule has 0 aliphatic rings. The van der Waals surface area contributed by atoms with Gasteiger partial charge in [-0.1, -0.05) is 0 Å². The number of hydrogen-bond acceptors (Lipinski definition) is 3. The molecule has 4 N–H and O–H groups in total. The topological polar surface area (TPSA) is 92.4 Å². The van der Waals surface area contributed by atoms with Gasteiger partial charge in [0.1, 0.15) is 5.82 Å². The van der Waals surface area contributed by atoms with E-state index in [0.29, 0.717) is 0 Å². The number of anilines is 1. The van der Waals surface area contributed by atoms with Crippen LogP contribution in [0.3, 0.4) is 0 Å². The fraction of sp³-hybridized carbons (Fsp3) is 0.333. The highest BCUT2D eigenvalue weighted by Gasteiger charge is 2.14. The van der Waals surface area contributed by atoms with E-state index in [1.807, 2.05) is 0 Å². The van der Waals surface area contributed by atoms with E-state index in [4.69, 9.17) is 10.8 Å². The number of halogens is 1. The molecule has 0 spiro atoms. The van der Waals surface area contributed by atoms with E-state index in [-0.39, 0.29) is 30.1 Å². The van der Waals surface area contributed by atoms with Gasteiger partial charge in [0.25, 0.3) is 5.91 Å². The number of amides is 1. The summed E-state index contributed by atoms with van der Waals surface area (Å²) in [6, 6.07) is 3.45. The Bertz CT molecular complexity index is 463. The van der Waals surface area contributed by atoms with Crippen LogP contribution in [0.25, 0.3) is 0 Å². The molecule has 0 radical (unpaired) electrons. The van der Waals surface area contributed by atoms with Crippen molar-refractivity contribution in [1.29, 1.82) is 0 Å². The first-order chi connectivity index (χ1) is 8.40. The van der Waals surface area contributed by atoms with Gasteiger partial charge >= 0.3 is 5.97 Å². The maximum Gasteiger partial charge on any atom is 0.303 e. The van der Waals surface area contributed by atoms with Crippen LogP contribution in [0.15, 0.2) is 18.2 Å².